The molecular formula is C23H22N2O7. The molecule has 1 aliphatic rings. The van der Waals surface area contributed by atoms with Crippen LogP contribution < -0.4 is 4.74 Å². The molecule has 0 aliphatic carbocycles. The number of nitrogens with zero attached hydrogens (tertiary/aromatic N) is 2. The maximum Gasteiger partial charge on any atom is 0.295 e. The van der Waals surface area contributed by atoms with Crippen LogP contribution in [0.3, 0.4) is 0 Å². The Morgan fingerprint density at radius 1 is 1.25 bits per heavy atom. The Labute approximate surface area is 184 Å². The number of carbonyl (C=O) groups excluding carboxylic acids is 2. The van der Waals surface area contributed by atoms with Crippen molar-refractivity contribution in [1.29, 1.82) is 0 Å². The predicted molar refractivity (Wildman–Crippen MR) is 116 cm³/mol. The summed E-state index contributed by atoms with van der Waals surface area (Å²) >= 11 is 0. The van der Waals surface area contributed by atoms with Crippen LogP contribution in [0.15, 0.2) is 66.8 Å². The Hall–Kier alpha value is -3.98. The highest BCUT2D eigenvalue weighted by atomic mass is 16.6. The molecule has 0 saturated carbocycles. The molecular weight excluding hydrogens is 416 g/mol. The highest BCUT2D eigenvalue weighted by Crippen LogP contribution is 2.40. The number of carbonyl (C=O) groups is 2. The van der Waals surface area contributed by atoms with E-state index in [1.807, 2.05) is 0 Å². The zero-order valence-electron chi connectivity index (χ0n) is 17.4. The van der Waals surface area contributed by atoms with Gasteiger partial charge in [0, 0.05) is 31.4 Å². The molecule has 1 fully saturated rings. The van der Waals surface area contributed by atoms with Crippen molar-refractivity contribution >= 4 is 23.1 Å². The van der Waals surface area contributed by atoms with Crippen LogP contribution in [0.2, 0.25) is 0 Å². The van der Waals surface area contributed by atoms with E-state index in [1.165, 1.54) is 30.2 Å². The van der Waals surface area contributed by atoms with Gasteiger partial charge in [0.2, 0.25) is 0 Å². The minimum Gasteiger partial charge on any atom is -0.507 e. The van der Waals surface area contributed by atoms with E-state index < -0.39 is 22.7 Å². The van der Waals surface area contributed by atoms with Crippen LogP contribution in [0, 0.1) is 10.1 Å². The summed E-state index contributed by atoms with van der Waals surface area (Å²) in [4.78, 5) is 37.6. The molecule has 9 heteroatoms. The molecule has 0 spiro atoms. The van der Waals surface area contributed by atoms with Gasteiger partial charge in [-0.15, -0.1) is 0 Å². The van der Waals surface area contributed by atoms with Crippen LogP contribution >= 0.6 is 0 Å². The summed E-state index contributed by atoms with van der Waals surface area (Å²) < 4.78 is 10.5. The molecule has 3 rings (SSSR count). The van der Waals surface area contributed by atoms with Crippen LogP contribution in [0.25, 0.3) is 5.76 Å². The first kappa shape index (κ1) is 22.7. The van der Waals surface area contributed by atoms with Gasteiger partial charge in [0.05, 0.1) is 23.1 Å². The van der Waals surface area contributed by atoms with Crippen molar-refractivity contribution < 1.29 is 29.1 Å². The number of aliphatic hydroxyl groups is 1. The van der Waals surface area contributed by atoms with Crippen molar-refractivity contribution in [2.75, 3.05) is 26.9 Å². The second-order valence-corrected chi connectivity index (χ2v) is 6.96. The number of ether oxygens (including phenoxy) is 2. The van der Waals surface area contributed by atoms with Crippen molar-refractivity contribution in [2.45, 2.75) is 6.04 Å². The second kappa shape index (κ2) is 9.88. The molecule has 2 aromatic carbocycles. The third kappa shape index (κ3) is 4.52. The lowest BCUT2D eigenvalue weighted by molar-refractivity contribution is -0.384. The predicted octanol–water partition coefficient (Wildman–Crippen LogP) is 3.23. The molecule has 1 amide bonds. The molecule has 1 heterocycles. The average molecular weight is 438 g/mol. The van der Waals surface area contributed by atoms with E-state index in [0.29, 0.717) is 23.5 Å². The van der Waals surface area contributed by atoms with Gasteiger partial charge >= 0.3 is 0 Å². The van der Waals surface area contributed by atoms with Crippen molar-refractivity contribution in [3.63, 3.8) is 0 Å². The number of rotatable bonds is 9. The SMILES string of the molecule is C=CCOc1ccc(C(O)=C2C(=O)C(=O)N(CCOC)[C@@H]2c2cccc([N+](=O)[O-])c2)cc1. The lowest BCUT2D eigenvalue weighted by Crippen LogP contribution is -2.32. The molecule has 2 aromatic rings. The molecule has 1 N–H and O–H groups in total. The number of nitro groups is 1. The Kier molecular flexibility index (Phi) is 7.01. The van der Waals surface area contributed by atoms with Crippen LogP contribution in [0.1, 0.15) is 17.2 Å². The number of benzene rings is 2. The first-order chi connectivity index (χ1) is 15.4. The number of methoxy groups -OCH3 is 1. The summed E-state index contributed by atoms with van der Waals surface area (Å²) in [6.45, 7) is 4.10. The Bertz CT molecular complexity index is 1080. The summed E-state index contributed by atoms with van der Waals surface area (Å²) in [5.41, 5.74) is 0.299. The summed E-state index contributed by atoms with van der Waals surface area (Å²) in [5.74, 6) is -1.53. The Balaban J connectivity index is 2.10. The number of Topliss-reactive ketones (excluding diaryl/α,β-unsaturated/α-hetero) is 1. The molecule has 0 bridgehead atoms. The van der Waals surface area contributed by atoms with Crippen LogP contribution in [-0.2, 0) is 14.3 Å². The van der Waals surface area contributed by atoms with Gasteiger partial charge in [-0.3, -0.25) is 19.7 Å². The number of hydrogen-bond donors (Lipinski definition) is 1. The molecule has 1 saturated heterocycles. The topological polar surface area (TPSA) is 119 Å². The third-order valence-corrected chi connectivity index (χ3v) is 4.97. The second-order valence-electron chi connectivity index (χ2n) is 6.96. The smallest absolute Gasteiger partial charge is 0.295 e. The number of ketones is 1. The van der Waals surface area contributed by atoms with Gasteiger partial charge in [0.25, 0.3) is 17.4 Å². The maximum absolute atomic E-state index is 12.9. The summed E-state index contributed by atoms with van der Waals surface area (Å²) in [6, 6.07) is 11.0. The molecule has 0 unspecified atom stereocenters. The van der Waals surface area contributed by atoms with E-state index in [-0.39, 0.29) is 30.2 Å². The van der Waals surface area contributed by atoms with Gasteiger partial charge in [0.1, 0.15) is 18.1 Å². The minimum atomic E-state index is -0.998. The largest absolute Gasteiger partial charge is 0.507 e. The van der Waals surface area contributed by atoms with Crippen molar-refractivity contribution in [2.24, 2.45) is 0 Å². The number of amides is 1. The minimum absolute atomic E-state index is 0.0690. The molecule has 1 atom stereocenters. The molecule has 166 valence electrons. The zero-order chi connectivity index (χ0) is 23.3. The Morgan fingerprint density at radius 2 is 1.97 bits per heavy atom. The molecule has 32 heavy (non-hydrogen) atoms. The number of aliphatic hydroxyl groups excluding tert-OH is 1. The number of likely N-dealkylation sites (tertiary alicyclic amines) is 1. The van der Waals surface area contributed by atoms with Gasteiger partial charge in [-0.25, -0.2) is 0 Å². The molecule has 9 nitrogen and oxygen atoms in total. The van der Waals surface area contributed by atoms with Gasteiger partial charge in [-0.1, -0.05) is 24.8 Å². The van der Waals surface area contributed by atoms with Crippen LogP contribution in [0.4, 0.5) is 5.69 Å². The zero-order valence-corrected chi connectivity index (χ0v) is 17.4. The lowest BCUT2D eigenvalue weighted by Gasteiger charge is -2.24. The fourth-order valence-corrected chi connectivity index (χ4v) is 3.47. The van der Waals surface area contributed by atoms with E-state index in [0.717, 1.165) is 0 Å². The number of hydrogen-bond acceptors (Lipinski definition) is 7. The normalized spacial score (nSPS) is 17.4. The summed E-state index contributed by atoms with van der Waals surface area (Å²) in [7, 11) is 1.45. The fourth-order valence-electron chi connectivity index (χ4n) is 3.47. The van der Waals surface area contributed by atoms with Crippen LogP contribution in [-0.4, -0.2) is 53.5 Å². The summed E-state index contributed by atoms with van der Waals surface area (Å²) in [5, 5.41) is 22.2. The quantitative estimate of drug-likeness (QED) is 0.159. The first-order valence-electron chi connectivity index (χ1n) is 9.74. The number of non-ortho nitro benzene ring substituents is 1. The van der Waals surface area contributed by atoms with Crippen molar-refractivity contribution in [1.82, 2.24) is 4.90 Å². The van der Waals surface area contributed by atoms with E-state index >= 15 is 0 Å². The first-order valence-corrected chi connectivity index (χ1v) is 9.74. The van der Waals surface area contributed by atoms with Gasteiger partial charge in [-0.05, 0) is 29.8 Å². The van der Waals surface area contributed by atoms with Crippen molar-refractivity contribution in [3.05, 3.63) is 88.0 Å². The van der Waals surface area contributed by atoms with E-state index in [9.17, 15) is 24.8 Å². The van der Waals surface area contributed by atoms with Gasteiger partial charge < -0.3 is 19.5 Å². The molecule has 0 radical (unpaired) electrons. The summed E-state index contributed by atoms with van der Waals surface area (Å²) in [6.07, 6.45) is 1.59. The molecule has 0 aromatic heterocycles. The van der Waals surface area contributed by atoms with E-state index in [2.05, 4.69) is 6.58 Å². The third-order valence-electron chi connectivity index (χ3n) is 4.97. The fraction of sp³-hybridized carbons (Fsp3) is 0.217. The lowest BCUT2D eigenvalue weighted by atomic mass is 9.95. The van der Waals surface area contributed by atoms with E-state index in [1.54, 1.807) is 36.4 Å². The van der Waals surface area contributed by atoms with E-state index in [4.69, 9.17) is 9.47 Å². The standard InChI is InChI=1S/C23H22N2O7/c1-3-12-32-18-9-7-15(8-10-18)21(26)19-20(16-5-4-6-17(14-16)25(29)30)24(11-13-31-2)23(28)22(19)27/h3-10,14,20,26H,1,11-13H2,2H3/t20-/m1/s1. The highest BCUT2D eigenvalue weighted by molar-refractivity contribution is 6.46. The Morgan fingerprint density at radius 3 is 2.59 bits per heavy atom. The molecule has 1 aliphatic heterocycles. The van der Waals surface area contributed by atoms with Crippen molar-refractivity contribution in [3.8, 4) is 5.75 Å². The number of nitro benzene ring substituents is 1. The van der Waals surface area contributed by atoms with Gasteiger partial charge in [0.15, 0.2) is 0 Å². The van der Waals surface area contributed by atoms with Crippen LogP contribution in [0.5, 0.6) is 5.75 Å². The highest BCUT2D eigenvalue weighted by Gasteiger charge is 2.46. The maximum atomic E-state index is 12.9. The monoisotopic (exact) mass is 438 g/mol. The average Bonchev–Trinajstić information content (AvgIpc) is 3.06. The van der Waals surface area contributed by atoms with Gasteiger partial charge in [-0.2, -0.15) is 0 Å².